The standard InChI is InChI=1S/C24H22N4O2/c29-23-11-10-22(26-28(23)18-6-2-1-3-7-18)24(30)27-14-12-17(13-15-27)20-16-25-21-9-5-4-8-19(20)21/h1-11,16-17,25H,12-15H2. The van der Waals surface area contributed by atoms with Crippen molar-refractivity contribution in [2.45, 2.75) is 18.8 Å². The zero-order chi connectivity index (χ0) is 20.5. The average Bonchev–Trinajstić information content (AvgIpc) is 3.24. The molecule has 1 aliphatic heterocycles. The van der Waals surface area contributed by atoms with Gasteiger partial charge in [-0.3, -0.25) is 9.59 Å². The van der Waals surface area contributed by atoms with Gasteiger partial charge in [-0.1, -0.05) is 36.4 Å². The molecule has 0 aliphatic carbocycles. The Hall–Kier alpha value is -3.67. The van der Waals surface area contributed by atoms with Crippen molar-refractivity contribution in [2.24, 2.45) is 0 Å². The molecule has 1 saturated heterocycles. The maximum absolute atomic E-state index is 13.0. The minimum Gasteiger partial charge on any atom is -0.361 e. The number of rotatable bonds is 3. The number of carbonyl (C=O) groups is 1. The Kier molecular flexibility index (Phi) is 4.67. The van der Waals surface area contributed by atoms with Crippen LogP contribution in [0.4, 0.5) is 0 Å². The van der Waals surface area contributed by atoms with Gasteiger partial charge in [-0.05, 0) is 48.6 Å². The van der Waals surface area contributed by atoms with Crippen molar-refractivity contribution >= 4 is 16.8 Å². The number of fused-ring (bicyclic) bond motifs is 1. The second-order valence-electron chi connectivity index (χ2n) is 7.66. The van der Waals surface area contributed by atoms with Gasteiger partial charge in [0, 0.05) is 36.3 Å². The van der Waals surface area contributed by atoms with Gasteiger partial charge in [-0.2, -0.15) is 9.78 Å². The molecule has 1 N–H and O–H groups in total. The highest BCUT2D eigenvalue weighted by Crippen LogP contribution is 2.33. The number of aromatic amines is 1. The maximum Gasteiger partial charge on any atom is 0.274 e. The molecule has 150 valence electrons. The lowest BCUT2D eigenvalue weighted by atomic mass is 9.89. The molecule has 6 nitrogen and oxygen atoms in total. The zero-order valence-electron chi connectivity index (χ0n) is 16.5. The van der Waals surface area contributed by atoms with E-state index >= 15 is 0 Å². The molecule has 3 heterocycles. The molecule has 30 heavy (non-hydrogen) atoms. The fourth-order valence-electron chi connectivity index (χ4n) is 4.27. The molecule has 1 aliphatic rings. The fourth-order valence-corrected chi connectivity index (χ4v) is 4.27. The van der Waals surface area contributed by atoms with Crippen LogP contribution in [0.15, 0.2) is 77.7 Å². The van der Waals surface area contributed by atoms with Gasteiger partial charge in [0.05, 0.1) is 5.69 Å². The van der Waals surface area contributed by atoms with E-state index in [1.165, 1.54) is 27.8 Å². The van der Waals surface area contributed by atoms with E-state index < -0.39 is 0 Å². The van der Waals surface area contributed by atoms with Crippen molar-refractivity contribution in [3.63, 3.8) is 0 Å². The number of piperidine rings is 1. The van der Waals surface area contributed by atoms with Crippen molar-refractivity contribution < 1.29 is 4.79 Å². The quantitative estimate of drug-likeness (QED) is 0.572. The minimum absolute atomic E-state index is 0.128. The van der Waals surface area contributed by atoms with E-state index in [0.29, 0.717) is 30.4 Å². The number of benzene rings is 2. The molecule has 0 spiro atoms. The highest BCUT2D eigenvalue weighted by Gasteiger charge is 2.27. The number of para-hydroxylation sites is 2. The number of H-pyrrole nitrogens is 1. The minimum atomic E-state index is -0.254. The fraction of sp³-hybridized carbons (Fsp3) is 0.208. The van der Waals surface area contributed by atoms with Crippen LogP contribution in [-0.4, -0.2) is 38.7 Å². The summed E-state index contributed by atoms with van der Waals surface area (Å²) in [7, 11) is 0. The molecule has 0 saturated carbocycles. The predicted molar refractivity (Wildman–Crippen MR) is 116 cm³/mol. The summed E-state index contributed by atoms with van der Waals surface area (Å²) in [5.41, 5.74) is 3.17. The number of aromatic nitrogens is 3. The summed E-state index contributed by atoms with van der Waals surface area (Å²) >= 11 is 0. The van der Waals surface area contributed by atoms with Gasteiger partial charge in [0.2, 0.25) is 0 Å². The number of nitrogens with one attached hydrogen (secondary N) is 1. The molecule has 0 radical (unpaired) electrons. The van der Waals surface area contributed by atoms with E-state index in [1.807, 2.05) is 29.2 Å². The number of hydrogen-bond donors (Lipinski definition) is 1. The number of likely N-dealkylation sites (tertiary alicyclic amines) is 1. The van der Waals surface area contributed by atoms with Gasteiger partial charge in [0.25, 0.3) is 11.5 Å². The third-order valence-electron chi connectivity index (χ3n) is 5.86. The third-order valence-corrected chi connectivity index (χ3v) is 5.86. The van der Waals surface area contributed by atoms with Gasteiger partial charge in [0.15, 0.2) is 0 Å². The Morgan fingerprint density at radius 3 is 2.47 bits per heavy atom. The Bertz CT molecular complexity index is 1250. The molecule has 0 atom stereocenters. The lowest BCUT2D eigenvalue weighted by Gasteiger charge is -2.31. The molecule has 1 amide bonds. The number of hydrogen-bond acceptors (Lipinski definition) is 3. The second kappa shape index (κ2) is 7.63. The first-order chi connectivity index (χ1) is 14.7. The molecule has 6 heteroatoms. The van der Waals surface area contributed by atoms with Crippen LogP contribution in [0.2, 0.25) is 0 Å². The molecule has 0 unspecified atom stereocenters. The lowest BCUT2D eigenvalue weighted by Crippen LogP contribution is -2.39. The topological polar surface area (TPSA) is 71.0 Å². The molecule has 0 bridgehead atoms. The number of amides is 1. The molecule has 4 aromatic rings. The number of carbonyl (C=O) groups excluding carboxylic acids is 1. The van der Waals surface area contributed by atoms with Crippen molar-refractivity contribution in [3.05, 3.63) is 94.5 Å². The Morgan fingerprint density at radius 1 is 0.933 bits per heavy atom. The summed E-state index contributed by atoms with van der Waals surface area (Å²) in [5.74, 6) is 0.300. The third kappa shape index (κ3) is 3.30. The molecule has 2 aromatic heterocycles. The first kappa shape index (κ1) is 18.4. The van der Waals surface area contributed by atoms with Crippen molar-refractivity contribution in [1.29, 1.82) is 0 Å². The van der Waals surface area contributed by atoms with Crippen molar-refractivity contribution in [3.8, 4) is 5.69 Å². The van der Waals surface area contributed by atoms with Crippen LogP contribution in [0.3, 0.4) is 0 Å². The van der Waals surface area contributed by atoms with Gasteiger partial charge < -0.3 is 9.88 Å². The summed E-state index contributed by atoms with van der Waals surface area (Å²) < 4.78 is 1.28. The van der Waals surface area contributed by atoms with Crippen LogP contribution in [0.1, 0.15) is 34.8 Å². The van der Waals surface area contributed by atoms with E-state index in [4.69, 9.17) is 0 Å². The monoisotopic (exact) mass is 398 g/mol. The first-order valence-electron chi connectivity index (χ1n) is 10.2. The van der Waals surface area contributed by atoms with Crippen LogP contribution in [0, 0.1) is 0 Å². The second-order valence-corrected chi connectivity index (χ2v) is 7.66. The smallest absolute Gasteiger partial charge is 0.274 e. The van der Waals surface area contributed by atoms with Crippen molar-refractivity contribution in [1.82, 2.24) is 19.7 Å². The SMILES string of the molecule is O=C(c1ccc(=O)n(-c2ccccc2)n1)N1CCC(c2c[nH]c3ccccc23)CC1. The Morgan fingerprint density at radius 2 is 1.67 bits per heavy atom. The van der Waals surface area contributed by atoms with E-state index in [0.717, 1.165) is 18.4 Å². The van der Waals surface area contributed by atoms with Crippen molar-refractivity contribution in [2.75, 3.05) is 13.1 Å². The molecular formula is C24H22N4O2. The van der Waals surface area contributed by atoms with Crippen LogP contribution in [0.5, 0.6) is 0 Å². The molecule has 2 aromatic carbocycles. The average molecular weight is 398 g/mol. The highest BCUT2D eigenvalue weighted by atomic mass is 16.2. The van der Waals surface area contributed by atoms with Gasteiger partial charge in [-0.25, -0.2) is 0 Å². The summed E-state index contributed by atoms with van der Waals surface area (Å²) in [5, 5.41) is 5.60. The zero-order valence-corrected chi connectivity index (χ0v) is 16.5. The molecule has 5 rings (SSSR count). The number of nitrogens with zero attached hydrogens (tertiary/aromatic N) is 3. The summed E-state index contributed by atoms with van der Waals surface area (Å²) in [6.45, 7) is 1.35. The first-order valence-corrected chi connectivity index (χ1v) is 10.2. The molecular weight excluding hydrogens is 376 g/mol. The maximum atomic E-state index is 13.0. The Labute approximate surface area is 173 Å². The lowest BCUT2D eigenvalue weighted by molar-refractivity contribution is 0.0705. The largest absolute Gasteiger partial charge is 0.361 e. The normalized spacial score (nSPS) is 14.9. The van der Waals surface area contributed by atoms with E-state index in [9.17, 15) is 9.59 Å². The van der Waals surface area contributed by atoms with E-state index in [-0.39, 0.29) is 11.5 Å². The van der Waals surface area contributed by atoms with Gasteiger partial charge in [-0.15, -0.1) is 0 Å². The van der Waals surface area contributed by atoms with Crippen LogP contribution >= 0.6 is 0 Å². The van der Waals surface area contributed by atoms with E-state index in [2.05, 4.69) is 34.5 Å². The Balaban J connectivity index is 1.33. The molecule has 1 fully saturated rings. The van der Waals surface area contributed by atoms with E-state index in [1.54, 1.807) is 12.1 Å². The summed E-state index contributed by atoms with van der Waals surface area (Å²) in [6.07, 6.45) is 3.92. The van der Waals surface area contributed by atoms with Crippen LogP contribution < -0.4 is 5.56 Å². The summed E-state index contributed by atoms with van der Waals surface area (Å²) in [4.78, 5) is 30.5. The van der Waals surface area contributed by atoms with Crippen LogP contribution in [0.25, 0.3) is 16.6 Å². The summed E-state index contributed by atoms with van der Waals surface area (Å²) in [6, 6.07) is 20.4. The van der Waals surface area contributed by atoms with Gasteiger partial charge in [0.1, 0.15) is 5.69 Å². The predicted octanol–water partition coefficient (Wildman–Crippen LogP) is 3.73. The van der Waals surface area contributed by atoms with Gasteiger partial charge >= 0.3 is 0 Å². The van der Waals surface area contributed by atoms with Crippen LogP contribution in [-0.2, 0) is 0 Å². The highest BCUT2D eigenvalue weighted by molar-refractivity contribution is 5.92.